The second-order valence-electron chi connectivity index (χ2n) is 6.23. The van der Waals surface area contributed by atoms with Crippen molar-refractivity contribution in [2.45, 2.75) is 57.5 Å². The van der Waals surface area contributed by atoms with E-state index in [2.05, 4.69) is 16.5 Å². The Bertz CT molecular complexity index is 597. The van der Waals surface area contributed by atoms with Crippen molar-refractivity contribution in [3.8, 4) is 0 Å². The molecule has 2 unspecified atom stereocenters. The predicted molar refractivity (Wildman–Crippen MR) is 83.5 cm³/mol. The zero-order valence-electron chi connectivity index (χ0n) is 13.6. The van der Waals surface area contributed by atoms with Gasteiger partial charge in [0.2, 0.25) is 6.61 Å². The number of allylic oxidation sites excluding steroid dienone is 1. The van der Waals surface area contributed by atoms with Crippen molar-refractivity contribution in [3.05, 3.63) is 11.6 Å². The number of nitrogens with zero attached hydrogens (tertiary/aromatic N) is 2. The number of hydrogen-bond donors (Lipinski definition) is 1. The Labute approximate surface area is 139 Å². The third kappa shape index (κ3) is 3.64. The van der Waals surface area contributed by atoms with Gasteiger partial charge in [-0.05, 0) is 38.2 Å². The normalized spacial score (nSPS) is 27.1. The molecule has 2 saturated heterocycles. The first-order chi connectivity index (χ1) is 11.5. The zero-order valence-corrected chi connectivity index (χ0v) is 13.6. The van der Waals surface area contributed by atoms with Gasteiger partial charge in [-0.2, -0.15) is 0 Å². The molecule has 3 rings (SSSR count). The number of hydrogen-bond acceptors (Lipinski definition) is 7. The zero-order chi connectivity index (χ0) is 17.1. The van der Waals surface area contributed by atoms with Crippen LogP contribution in [0.5, 0.6) is 0 Å². The van der Waals surface area contributed by atoms with Crippen LogP contribution in [0.4, 0.5) is 0 Å². The number of amides is 2. The summed E-state index contributed by atoms with van der Waals surface area (Å²) in [7, 11) is 0. The first-order valence-corrected chi connectivity index (χ1v) is 8.24. The molecule has 2 amide bonds. The summed E-state index contributed by atoms with van der Waals surface area (Å²) < 4.78 is 0. The van der Waals surface area contributed by atoms with Gasteiger partial charge in [0.15, 0.2) is 0 Å². The summed E-state index contributed by atoms with van der Waals surface area (Å²) in [5, 5.41) is 8.04. The average molecular weight is 335 g/mol. The monoisotopic (exact) mass is 335 g/mol. The first kappa shape index (κ1) is 16.6. The van der Waals surface area contributed by atoms with E-state index in [9.17, 15) is 14.4 Å². The molecule has 130 valence electrons. The fourth-order valence-corrected chi connectivity index (χ4v) is 3.29. The van der Waals surface area contributed by atoms with E-state index in [1.54, 1.807) is 0 Å². The number of nitrogens with one attached hydrogen (secondary N) is 1. The number of oxime groups is 1. The molecule has 3 heterocycles. The topological polar surface area (TPSA) is 97.3 Å². The molecule has 24 heavy (non-hydrogen) atoms. The Balaban J connectivity index is 1.50. The summed E-state index contributed by atoms with van der Waals surface area (Å²) in [5.41, 5.74) is 1.82. The highest BCUT2D eigenvalue weighted by Gasteiger charge is 2.33. The molecule has 8 nitrogen and oxygen atoms in total. The molecule has 0 aromatic carbocycles. The van der Waals surface area contributed by atoms with Gasteiger partial charge in [0.25, 0.3) is 11.8 Å². The van der Waals surface area contributed by atoms with Crippen molar-refractivity contribution in [2.24, 2.45) is 5.16 Å². The largest absolute Gasteiger partial charge is 0.383 e. The average Bonchev–Trinajstić information content (AvgIpc) is 3.04. The van der Waals surface area contributed by atoms with Gasteiger partial charge in [-0.1, -0.05) is 11.2 Å². The number of fused-ring (bicyclic) bond motifs is 2. The summed E-state index contributed by atoms with van der Waals surface area (Å²) >= 11 is 0. The third-order valence-electron chi connectivity index (χ3n) is 4.50. The van der Waals surface area contributed by atoms with Crippen LogP contribution in [0, 0.1) is 0 Å². The Morgan fingerprint density at radius 1 is 1.29 bits per heavy atom. The van der Waals surface area contributed by atoms with E-state index in [4.69, 9.17) is 9.68 Å². The van der Waals surface area contributed by atoms with Crippen LogP contribution < -0.4 is 5.32 Å². The fraction of sp³-hybridized carbons (Fsp3) is 0.625. The van der Waals surface area contributed by atoms with Crippen LogP contribution in [0.2, 0.25) is 0 Å². The van der Waals surface area contributed by atoms with Crippen molar-refractivity contribution in [3.63, 3.8) is 0 Å². The van der Waals surface area contributed by atoms with E-state index in [0.717, 1.165) is 30.5 Å². The van der Waals surface area contributed by atoms with Crippen molar-refractivity contribution in [1.29, 1.82) is 0 Å². The summed E-state index contributed by atoms with van der Waals surface area (Å²) in [6.45, 7) is 1.38. The molecule has 0 aromatic heterocycles. The lowest BCUT2D eigenvalue weighted by atomic mass is 9.97. The molecule has 3 aliphatic heterocycles. The van der Waals surface area contributed by atoms with Gasteiger partial charge in [0, 0.05) is 24.9 Å². The van der Waals surface area contributed by atoms with Crippen LogP contribution >= 0.6 is 0 Å². The van der Waals surface area contributed by atoms with Crippen LogP contribution in [0.15, 0.2) is 16.8 Å². The minimum atomic E-state index is -0.830. The molecule has 2 atom stereocenters. The van der Waals surface area contributed by atoms with Crippen LogP contribution in [-0.2, 0) is 24.1 Å². The molecule has 8 heteroatoms. The quantitative estimate of drug-likeness (QED) is 0.454. The summed E-state index contributed by atoms with van der Waals surface area (Å²) in [6.07, 6.45) is 6.65. The van der Waals surface area contributed by atoms with E-state index in [1.807, 2.05) is 6.92 Å². The number of hydroxylamine groups is 2. The summed E-state index contributed by atoms with van der Waals surface area (Å²) in [4.78, 5) is 44.1. The smallest absolute Gasteiger partial charge is 0.373 e. The van der Waals surface area contributed by atoms with Crippen molar-refractivity contribution < 1.29 is 24.1 Å². The number of carbonyl (C=O) groups is 3. The maximum absolute atomic E-state index is 11.6. The second-order valence-corrected chi connectivity index (χ2v) is 6.23. The summed E-state index contributed by atoms with van der Waals surface area (Å²) in [5.74, 6) is -1.86. The maximum Gasteiger partial charge on any atom is 0.373 e. The SMILES string of the molecule is CC(=NOCC(=O)ON1C(=O)CCC1=O)C1=CCCC2CCC1N2. The van der Waals surface area contributed by atoms with E-state index in [0.29, 0.717) is 11.1 Å². The highest BCUT2D eigenvalue weighted by atomic mass is 16.7. The lowest BCUT2D eigenvalue weighted by molar-refractivity contribution is -0.200. The Kier molecular flexibility index (Phi) is 4.94. The molecule has 1 N–H and O–H groups in total. The van der Waals surface area contributed by atoms with Crippen LogP contribution in [0.25, 0.3) is 0 Å². The molecular formula is C16H21N3O5. The first-order valence-electron chi connectivity index (χ1n) is 8.24. The molecule has 2 bridgehead atoms. The molecule has 0 spiro atoms. The third-order valence-corrected chi connectivity index (χ3v) is 4.50. The van der Waals surface area contributed by atoms with Crippen molar-refractivity contribution in [2.75, 3.05) is 6.61 Å². The van der Waals surface area contributed by atoms with E-state index in [1.165, 1.54) is 6.42 Å². The lowest BCUT2D eigenvalue weighted by Gasteiger charge is -2.15. The lowest BCUT2D eigenvalue weighted by Crippen LogP contribution is -2.33. The number of imide groups is 1. The second kappa shape index (κ2) is 7.12. The maximum atomic E-state index is 11.6. The van der Waals surface area contributed by atoms with Gasteiger partial charge in [0.1, 0.15) is 0 Å². The standard InChI is InChI=1S/C16H21N3O5/c1-10(12-4-2-3-11-5-6-13(12)17-11)18-23-9-16(22)24-19-14(20)7-8-15(19)21/h4,11,13,17H,2-3,5-9H2,1H3. The predicted octanol–water partition coefficient (Wildman–Crippen LogP) is 0.827. The Morgan fingerprint density at radius 2 is 2.04 bits per heavy atom. The number of carbonyl (C=O) groups excluding carboxylic acids is 3. The van der Waals surface area contributed by atoms with E-state index in [-0.39, 0.29) is 18.9 Å². The van der Waals surface area contributed by atoms with Crippen molar-refractivity contribution >= 4 is 23.5 Å². The molecule has 0 radical (unpaired) electrons. The van der Waals surface area contributed by atoms with Crippen LogP contribution in [0.1, 0.15) is 45.4 Å². The fourth-order valence-electron chi connectivity index (χ4n) is 3.29. The van der Waals surface area contributed by atoms with Gasteiger partial charge >= 0.3 is 5.97 Å². The van der Waals surface area contributed by atoms with Gasteiger partial charge in [-0.15, -0.1) is 5.06 Å². The number of rotatable bonds is 5. The summed E-state index contributed by atoms with van der Waals surface area (Å²) in [6, 6.07) is 0.861. The molecule has 0 aromatic rings. The Hall–Kier alpha value is -2.22. The van der Waals surface area contributed by atoms with Crippen molar-refractivity contribution in [1.82, 2.24) is 10.4 Å². The van der Waals surface area contributed by atoms with Gasteiger partial charge in [-0.25, -0.2) is 4.79 Å². The van der Waals surface area contributed by atoms with Gasteiger partial charge < -0.3 is 15.0 Å². The minimum absolute atomic E-state index is 0.0633. The van der Waals surface area contributed by atoms with E-state index >= 15 is 0 Å². The molecule has 0 aliphatic carbocycles. The molecule has 2 fully saturated rings. The van der Waals surface area contributed by atoms with E-state index < -0.39 is 24.4 Å². The van der Waals surface area contributed by atoms with Gasteiger partial charge in [-0.3, -0.25) is 9.59 Å². The molecule has 0 saturated carbocycles. The minimum Gasteiger partial charge on any atom is -0.383 e. The molecular weight excluding hydrogens is 314 g/mol. The highest BCUT2D eigenvalue weighted by Crippen LogP contribution is 2.26. The van der Waals surface area contributed by atoms with Gasteiger partial charge in [0.05, 0.1) is 5.71 Å². The Morgan fingerprint density at radius 3 is 2.79 bits per heavy atom. The molecule has 3 aliphatic rings. The van der Waals surface area contributed by atoms with Crippen LogP contribution in [-0.4, -0.2) is 47.2 Å². The van der Waals surface area contributed by atoms with Crippen LogP contribution in [0.3, 0.4) is 0 Å². The highest BCUT2D eigenvalue weighted by molar-refractivity contribution is 6.01.